The number of hydrogen-bond acceptors (Lipinski definition) is 5. The highest BCUT2D eigenvalue weighted by molar-refractivity contribution is 5.69. The number of unbranched alkanes of at least 4 members (excludes halogenated alkanes) is 1. The van der Waals surface area contributed by atoms with Crippen LogP contribution in [0.3, 0.4) is 0 Å². The summed E-state index contributed by atoms with van der Waals surface area (Å²) in [6.45, 7) is 2.49. The monoisotopic (exact) mass is 324 g/mol. The van der Waals surface area contributed by atoms with Crippen molar-refractivity contribution in [3.8, 4) is 0 Å². The summed E-state index contributed by atoms with van der Waals surface area (Å²) in [5, 5.41) is 18.1. The first-order valence-corrected chi connectivity index (χ1v) is 7.94. The lowest BCUT2D eigenvalue weighted by Gasteiger charge is -2.11. The van der Waals surface area contributed by atoms with Gasteiger partial charge in [0, 0.05) is 20.1 Å². The normalized spacial score (nSPS) is 12.9. The van der Waals surface area contributed by atoms with E-state index in [4.69, 9.17) is 5.11 Å². The van der Waals surface area contributed by atoms with E-state index in [1.54, 1.807) is 22.5 Å². The molecule has 1 atom stereocenters. The van der Waals surface area contributed by atoms with Crippen molar-refractivity contribution in [2.24, 2.45) is 7.05 Å². The molecule has 0 bridgehead atoms. The van der Waals surface area contributed by atoms with Crippen LogP contribution in [0.15, 0.2) is 15.9 Å². The Balaban J connectivity index is 2.33. The van der Waals surface area contributed by atoms with E-state index in [1.165, 1.54) is 4.57 Å². The van der Waals surface area contributed by atoms with E-state index in [0.717, 1.165) is 6.42 Å². The van der Waals surface area contributed by atoms with E-state index < -0.39 is 6.10 Å². The van der Waals surface area contributed by atoms with Crippen molar-refractivity contribution in [1.82, 2.24) is 18.7 Å². The van der Waals surface area contributed by atoms with Crippen LogP contribution in [0.5, 0.6) is 0 Å². The number of aliphatic hydroxyl groups excluding tert-OH is 2. The van der Waals surface area contributed by atoms with E-state index in [-0.39, 0.29) is 17.9 Å². The molecule has 2 aromatic heterocycles. The molecule has 2 aromatic rings. The van der Waals surface area contributed by atoms with Crippen molar-refractivity contribution in [1.29, 1.82) is 0 Å². The molecule has 0 amide bonds. The van der Waals surface area contributed by atoms with Crippen molar-refractivity contribution in [3.05, 3.63) is 27.2 Å². The number of aromatic nitrogens is 4. The third-order valence-corrected chi connectivity index (χ3v) is 3.91. The average molecular weight is 324 g/mol. The molecule has 128 valence electrons. The van der Waals surface area contributed by atoms with Gasteiger partial charge >= 0.3 is 5.69 Å². The quantitative estimate of drug-likeness (QED) is 0.656. The Kier molecular flexibility index (Phi) is 5.73. The van der Waals surface area contributed by atoms with Gasteiger partial charge in [0.05, 0.1) is 19.0 Å². The van der Waals surface area contributed by atoms with E-state index in [2.05, 4.69) is 4.98 Å². The van der Waals surface area contributed by atoms with Crippen molar-refractivity contribution >= 4 is 11.2 Å². The molecular formula is C15H24N4O4. The fourth-order valence-corrected chi connectivity index (χ4v) is 2.68. The Hall–Kier alpha value is -1.93. The molecular weight excluding hydrogens is 300 g/mol. The zero-order valence-electron chi connectivity index (χ0n) is 13.6. The molecule has 0 aliphatic heterocycles. The van der Waals surface area contributed by atoms with Crippen LogP contribution in [-0.2, 0) is 20.1 Å². The van der Waals surface area contributed by atoms with Crippen LogP contribution in [0.25, 0.3) is 11.2 Å². The second-order valence-corrected chi connectivity index (χ2v) is 5.75. The summed E-state index contributed by atoms with van der Waals surface area (Å²) < 4.78 is 4.42. The van der Waals surface area contributed by atoms with Gasteiger partial charge in [0.2, 0.25) is 0 Å². The Morgan fingerprint density at radius 3 is 2.61 bits per heavy atom. The van der Waals surface area contributed by atoms with Crippen LogP contribution >= 0.6 is 0 Å². The van der Waals surface area contributed by atoms with Crippen molar-refractivity contribution in [2.75, 3.05) is 6.61 Å². The standard InChI is InChI=1S/C15H24N4O4/c1-3-7-18-13-12(17(2)10-16-13)14(22)19(15(18)23)8-5-4-6-11(21)9-20/h10-11,20-21H,3-9H2,1-2H3. The zero-order chi connectivity index (χ0) is 17.0. The summed E-state index contributed by atoms with van der Waals surface area (Å²) in [5.74, 6) is 0. The number of hydrogen-bond donors (Lipinski definition) is 2. The summed E-state index contributed by atoms with van der Waals surface area (Å²) in [6, 6.07) is 0. The minimum atomic E-state index is -0.747. The van der Waals surface area contributed by atoms with Gasteiger partial charge in [0.15, 0.2) is 11.2 Å². The highest BCUT2D eigenvalue weighted by atomic mass is 16.3. The van der Waals surface area contributed by atoms with Gasteiger partial charge in [-0.1, -0.05) is 6.92 Å². The van der Waals surface area contributed by atoms with Gasteiger partial charge in [-0.15, -0.1) is 0 Å². The van der Waals surface area contributed by atoms with Gasteiger partial charge in [-0.05, 0) is 25.7 Å². The molecule has 8 heteroatoms. The number of imidazole rings is 1. The minimum Gasteiger partial charge on any atom is -0.394 e. The van der Waals surface area contributed by atoms with Crippen LogP contribution in [0.1, 0.15) is 32.6 Å². The molecule has 0 spiro atoms. The number of aryl methyl sites for hydroxylation is 2. The molecule has 0 aliphatic carbocycles. The second-order valence-electron chi connectivity index (χ2n) is 5.75. The Morgan fingerprint density at radius 1 is 1.22 bits per heavy atom. The molecule has 2 N–H and O–H groups in total. The molecule has 0 fully saturated rings. The zero-order valence-corrected chi connectivity index (χ0v) is 13.6. The van der Waals surface area contributed by atoms with E-state index in [1.807, 2.05) is 6.92 Å². The topological polar surface area (TPSA) is 102 Å². The smallest absolute Gasteiger partial charge is 0.332 e. The number of aliphatic hydroxyl groups is 2. The predicted octanol–water partition coefficient (Wildman–Crippen LogP) is -0.170. The molecule has 23 heavy (non-hydrogen) atoms. The molecule has 0 aliphatic rings. The van der Waals surface area contributed by atoms with Crippen LogP contribution in [0.4, 0.5) is 0 Å². The van der Waals surface area contributed by atoms with Crippen LogP contribution in [0, 0.1) is 0 Å². The first kappa shape index (κ1) is 17.4. The molecule has 2 rings (SSSR count). The van der Waals surface area contributed by atoms with Crippen LogP contribution in [-0.4, -0.2) is 41.6 Å². The molecule has 2 heterocycles. The van der Waals surface area contributed by atoms with E-state index in [0.29, 0.717) is 43.5 Å². The summed E-state index contributed by atoms with van der Waals surface area (Å²) in [7, 11) is 1.74. The van der Waals surface area contributed by atoms with Crippen LogP contribution in [0.2, 0.25) is 0 Å². The van der Waals surface area contributed by atoms with E-state index in [9.17, 15) is 14.7 Å². The van der Waals surface area contributed by atoms with Crippen LogP contribution < -0.4 is 11.2 Å². The third kappa shape index (κ3) is 3.53. The summed E-state index contributed by atoms with van der Waals surface area (Å²) in [5.41, 5.74) is 0.176. The third-order valence-electron chi connectivity index (χ3n) is 3.91. The van der Waals surface area contributed by atoms with Gasteiger partial charge in [0.25, 0.3) is 5.56 Å². The van der Waals surface area contributed by atoms with Gasteiger partial charge in [0.1, 0.15) is 0 Å². The summed E-state index contributed by atoms with van der Waals surface area (Å²) in [6.07, 6.45) is 3.23. The number of fused-ring (bicyclic) bond motifs is 1. The lowest BCUT2D eigenvalue weighted by Crippen LogP contribution is -2.40. The maximum absolute atomic E-state index is 12.6. The SMILES string of the molecule is CCCn1c(=O)n(CCCCC(O)CO)c(=O)c2c1ncn2C. The Labute approximate surface area is 133 Å². The van der Waals surface area contributed by atoms with Gasteiger partial charge in [-0.25, -0.2) is 9.78 Å². The predicted molar refractivity (Wildman–Crippen MR) is 86.5 cm³/mol. The first-order valence-electron chi connectivity index (χ1n) is 7.94. The van der Waals surface area contributed by atoms with Gasteiger partial charge < -0.3 is 14.8 Å². The lowest BCUT2D eigenvalue weighted by molar-refractivity contribution is 0.0858. The summed E-state index contributed by atoms with van der Waals surface area (Å²) in [4.78, 5) is 29.3. The second kappa shape index (κ2) is 7.56. The fraction of sp³-hybridized carbons (Fsp3) is 0.667. The highest BCUT2D eigenvalue weighted by Crippen LogP contribution is 2.06. The molecule has 0 radical (unpaired) electrons. The maximum Gasteiger partial charge on any atom is 0.332 e. The van der Waals surface area contributed by atoms with Gasteiger partial charge in [-0.2, -0.15) is 0 Å². The number of rotatable bonds is 8. The van der Waals surface area contributed by atoms with Crippen molar-refractivity contribution in [2.45, 2.75) is 51.8 Å². The molecule has 0 aromatic carbocycles. The first-order chi connectivity index (χ1) is 11.0. The Morgan fingerprint density at radius 2 is 1.96 bits per heavy atom. The summed E-state index contributed by atoms with van der Waals surface area (Å²) >= 11 is 0. The maximum atomic E-state index is 12.6. The fourth-order valence-electron chi connectivity index (χ4n) is 2.68. The van der Waals surface area contributed by atoms with Crippen molar-refractivity contribution in [3.63, 3.8) is 0 Å². The molecule has 1 unspecified atom stereocenters. The lowest BCUT2D eigenvalue weighted by atomic mass is 10.1. The molecule has 0 saturated carbocycles. The average Bonchev–Trinajstić information content (AvgIpc) is 2.92. The number of nitrogens with zero attached hydrogens (tertiary/aromatic N) is 4. The van der Waals surface area contributed by atoms with E-state index >= 15 is 0 Å². The van der Waals surface area contributed by atoms with Gasteiger partial charge in [-0.3, -0.25) is 13.9 Å². The largest absolute Gasteiger partial charge is 0.394 e. The highest BCUT2D eigenvalue weighted by Gasteiger charge is 2.16. The Bertz CT molecular complexity index is 774. The molecule has 0 saturated heterocycles. The minimum absolute atomic E-state index is 0.274. The molecule has 8 nitrogen and oxygen atoms in total. The van der Waals surface area contributed by atoms with Crippen molar-refractivity contribution < 1.29 is 10.2 Å².